The number of carbonyl (C=O) groups is 1. The van der Waals surface area contributed by atoms with Crippen LogP contribution in [-0.2, 0) is 9.47 Å². The maximum absolute atomic E-state index is 12.4. The summed E-state index contributed by atoms with van der Waals surface area (Å²) in [4.78, 5) is 16.7. The Balaban J connectivity index is 1.77. The summed E-state index contributed by atoms with van der Waals surface area (Å²) in [6.45, 7) is 4.43. The summed E-state index contributed by atoms with van der Waals surface area (Å²) in [6.07, 6.45) is 1.76. The van der Waals surface area contributed by atoms with Gasteiger partial charge in [0.25, 0.3) is 0 Å². The highest BCUT2D eigenvalue weighted by Crippen LogP contribution is 2.28. The van der Waals surface area contributed by atoms with Crippen LogP contribution in [-0.4, -0.2) is 30.3 Å². The van der Waals surface area contributed by atoms with E-state index in [1.807, 2.05) is 50.2 Å². The molecule has 0 saturated heterocycles. The lowest BCUT2D eigenvalue weighted by atomic mass is 10.1. The first kappa shape index (κ1) is 17.9. The van der Waals surface area contributed by atoms with Crippen molar-refractivity contribution in [2.24, 2.45) is 0 Å². The van der Waals surface area contributed by atoms with E-state index < -0.39 is 5.97 Å². The van der Waals surface area contributed by atoms with E-state index in [9.17, 15) is 4.79 Å². The Bertz CT molecular complexity index is 855. The molecule has 1 aromatic heterocycles. The van der Waals surface area contributed by atoms with Gasteiger partial charge in [0.1, 0.15) is 6.61 Å². The van der Waals surface area contributed by atoms with Gasteiger partial charge in [-0.05, 0) is 26.0 Å². The molecule has 1 heterocycles. The molecule has 0 spiro atoms. The fourth-order valence-electron chi connectivity index (χ4n) is 2.48. The van der Waals surface area contributed by atoms with Crippen LogP contribution >= 0.6 is 0 Å². The zero-order valence-corrected chi connectivity index (χ0v) is 14.8. The molecule has 0 bridgehead atoms. The molecule has 0 aliphatic rings. The highest BCUT2D eigenvalue weighted by Gasteiger charge is 2.18. The van der Waals surface area contributed by atoms with E-state index in [1.54, 1.807) is 24.4 Å². The van der Waals surface area contributed by atoms with E-state index in [0.717, 1.165) is 5.56 Å². The molecule has 26 heavy (non-hydrogen) atoms. The first-order chi connectivity index (χ1) is 12.6. The van der Waals surface area contributed by atoms with Crippen LogP contribution in [0, 0.1) is 0 Å². The lowest BCUT2D eigenvalue weighted by Gasteiger charge is -2.09. The normalized spacial score (nSPS) is 10.9. The van der Waals surface area contributed by atoms with E-state index in [0.29, 0.717) is 29.4 Å². The first-order valence-corrected chi connectivity index (χ1v) is 8.54. The number of esters is 1. The largest absolute Gasteiger partial charge is 0.460 e. The summed E-state index contributed by atoms with van der Waals surface area (Å²) < 4.78 is 16.5. The molecular formula is C21H21NO4. The van der Waals surface area contributed by atoms with Gasteiger partial charge in [-0.1, -0.05) is 42.5 Å². The molecule has 0 aliphatic carbocycles. The van der Waals surface area contributed by atoms with E-state index in [1.165, 1.54) is 0 Å². The van der Waals surface area contributed by atoms with Crippen molar-refractivity contribution in [3.8, 4) is 22.8 Å². The summed E-state index contributed by atoms with van der Waals surface area (Å²) in [7, 11) is 0. The monoisotopic (exact) mass is 351 g/mol. The van der Waals surface area contributed by atoms with Crippen LogP contribution in [0.2, 0.25) is 0 Å². The van der Waals surface area contributed by atoms with Gasteiger partial charge in [-0.25, -0.2) is 9.78 Å². The molecule has 5 heteroatoms. The molecule has 0 radical (unpaired) electrons. The van der Waals surface area contributed by atoms with Gasteiger partial charge in [-0.3, -0.25) is 0 Å². The molecule has 0 aliphatic heterocycles. The van der Waals surface area contributed by atoms with Crippen molar-refractivity contribution >= 4 is 5.97 Å². The number of benzene rings is 2. The first-order valence-electron chi connectivity index (χ1n) is 8.54. The van der Waals surface area contributed by atoms with Crippen molar-refractivity contribution in [2.75, 3.05) is 13.2 Å². The van der Waals surface area contributed by atoms with Gasteiger partial charge in [0.2, 0.25) is 5.89 Å². The summed E-state index contributed by atoms with van der Waals surface area (Å²) in [5.41, 5.74) is 1.94. The van der Waals surface area contributed by atoms with E-state index in [-0.39, 0.29) is 12.7 Å². The fraction of sp³-hybridized carbons (Fsp3) is 0.238. The number of hydrogen-bond donors (Lipinski definition) is 0. The van der Waals surface area contributed by atoms with Crippen molar-refractivity contribution in [2.45, 2.75) is 20.0 Å². The second-order valence-corrected chi connectivity index (χ2v) is 6.00. The summed E-state index contributed by atoms with van der Waals surface area (Å²) >= 11 is 0. The lowest BCUT2D eigenvalue weighted by Crippen LogP contribution is -2.14. The van der Waals surface area contributed by atoms with Crippen LogP contribution < -0.4 is 0 Å². The van der Waals surface area contributed by atoms with Gasteiger partial charge in [0, 0.05) is 5.56 Å². The molecule has 0 unspecified atom stereocenters. The zero-order chi connectivity index (χ0) is 18.4. The second-order valence-electron chi connectivity index (χ2n) is 6.00. The molecule has 2 aromatic carbocycles. The van der Waals surface area contributed by atoms with Gasteiger partial charge < -0.3 is 13.9 Å². The minimum Gasteiger partial charge on any atom is -0.460 e. The average Bonchev–Trinajstić information content (AvgIpc) is 3.16. The molecular weight excluding hydrogens is 330 g/mol. The maximum atomic E-state index is 12.4. The standard InChI is InChI=1S/C21H21NO4/c1-15(2)24-12-13-25-21(23)18-11-7-6-10-17(18)20-22-14-19(26-20)16-8-4-3-5-9-16/h3-11,14-15H,12-13H2,1-2H3. The Morgan fingerprint density at radius 1 is 1.04 bits per heavy atom. The quantitative estimate of drug-likeness (QED) is 0.460. The van der Waals surface area contributed by atoms with Gasteiger partial charge in [-0.2, -0.15) is 0 Å². The molecule has 3 aromatic rings. The predicted molar refractivity (Wildman–Crippen MR) is 98.7 cm³/mol. The Morgan fingerprint density at radius 2 is 1.77 bits per heavy atom. The summed E-state index contributed by atoms with van der Waals surface area (Å²) in [5.74, 6) is 0.608. The number of rotatable bonds is 7. The molecule has 0 saturated carbocycles. The Morgan fingerprint density at radius 3 is 2.54 bits per heavy atom. The van der Waals surface area contributed by atoms with Crippen LogP contribution in [0.1, 0.15) is 24.2 Å². The average molecular weight is 351 g/mol. The Labute approximate surface area is 152 Å². The van der Waals surface area contributed by atoms with Gasteiger partial charge >= 0.3 is 5.97 Å². The van der Waals surface area contributed by atoms with Crippen molar-refractivity contribution in [1.82, 2.24) is 4.98 Å². The number of hydrogen-bond acceptors (Lipinski definition) is 5. The van der Waals surface area contributed by atoms with Crippen molar-refractivity contribution < 1.29 is 18.7 Å². The van der Waals surface area contributed by atoms with Crippen LogP contribution in [0.15, 0.2) is 65.2 Å². The van der Waals surface area contributed by atoms with Crippen LogP contribution in [0.4, 0.5) is 0 Å². The minimum absolute atomic E-state index is 0.102. The Hall–Kier alpha value is -2.92. The van der Waals surface area contributed by atoms with Crippen LogP contribution in [0.25, 0.3) is 22.8 Å². The molecule has 0 N–H and O–H groups in total. The lowest BCUT2D eigenvalue weighted by molar-refractivity contribution is 0.0177. The highest BCUT2D eigenvalue weighted by molar-refractivity contribution is 5.96. The zero-order valence-electron chi connectivity index (χ0n) is 14.8. The number of aromatic nitrogens is 1. The van der Waals surface area contributed by atoms with E-state index in [2.05, 4.69) is 4.98 Å². The van der Waals surface area contributed by atoms with Gasteiger partial charge in [-0.15, -0.1) is 0 Å². The Kier molecular flexibility index (Phi) is 5.81. The fourth-order valence-corrected chi connectivity index (χ4v) is 2.48. The number of carbonyl (C=O) groups excluding carboxylic acids is 1. The molecule has 0 amide bonds. The van der Waals surface area contributed by atoms with Crippen molar-refractivity contribution in [1.29, 1.82) is 0 Å². The van der Waals surface area contributed by atoms with E-state index >= 15 is 0 Å². The highest BCUT2D eigenvalue weighted by atomic mass is 16.6. The topological polar surface area (TPSA) is 61.6 Å². The summed E-state index contributed by atoms with van der Waals surface area (Å²) in [6, 6.07) is 16.8. The smallest absolute Gasteiger partial charge is 0.339 e. The minimum atomic E-state index is -0.424. The third-order valence-electron chi connectivity index (χ3n) is 3.71. The van der Waals surface area contributed by atoms with Crippen LogP contribution in [0.3, 0.4) is 0 Å². The SMILES string of the molecule is CC(C)OCCOC(=O)c1ccccc1-c1ncc(-c2ccccc2)o1. The van der Waals surface area contributed by atoms with Crippen molar-refractivity contribution in [3.05, 3.63) is 66.4 Å². The third-order valence-corrected chi connectivity index (χ3v) is 3.71. The van der Waals surface area contributed by atoms with E-state index in [4.69, 9.17) is 13.9 Å². The van der Waals surface area contributed by atoms with Gasteiger partial charge in [0.05, 0.1) is 30.0 Å². The van der Waals surface area contributed by atoms with Crippen LogP contribution in [0.5, 0.6) is 0 Å². The number of nitrogens with zero attached hydrogens (tertiary/aromatic N) is 1. The van der Waals surface area contributed by atoms with Gasteiger partial charge in [0.15, 0.2) is 5.76 Å². The molecule has 5 nitrogen and oxygen atoms in total. The second kappa shape index (κ2) is 8.45. The summed E-state index contributed by atoms with van der Waals surface area (Å²) in [5, 5.41) is 0. The molecule has 0 fully saturated rings. The predicted octanol–water partition coefficient (Wildman–Crippen LogP) is 4.59. The molecule has 134 valence electrons. The number of oxazole rings is 1. The molecule has 0 atom stereocenters. The third kappa shape index (κ3) is 4.37. The van der Waals surface area contributed by atoms with Crippen molar-refractivity contribution in [3.63, 3.8) is 0 Å². The number of ether oxygens (including phenoxy) is 2. The maximum Gasteiger partial charge on any atom is 0.339 e. The molecule has 3 rings (SSSR count).